The molecule has 0 unspecified atom stereocenters. The maximum Gasteiger partial charge on any atom is 0.278 e. The standard InChI is InChI=1S/C22H29N5O/c1-8-26(9-2)17-10-11-18(14(5)12-17)24-20-16(7)25-27-21(20)23-15(6)19(13(3)4)22(27)28/h10-13H,8-9H2,1-7H3. The number of nitrogens with zero attached hydrogens (tertiary/aromatic N) is 5. The average molecular weight is 380 g/mol. The van der Waals surface area contributed by atoms with E-state index in [1.165, 1.54) is 10.4 Å². The predicted molar refractivity (Wildman–Crippen MR) is 117 cm³/mol. The van der Waals surface area contributed by atoms with Crippen LogP contribution in [0.3, 0.4) is 0 Å². The van der Waals surface area contributed by atoms with Crippen molar-refractivity contribution in [1.82, 2.24) is 9.66 Å². The molecule has 0 spiro atoms. The molecule has 28 heavy (non-hydrogen) atoms. The Morgan fingerprint density at radius 1 is 1.14 bits per heavy atom. The van der Waals surface area contributed by atoms with Crippen LogP contribution in [0, 0.1) is 13.8 Å². The number of aryl methyl sites for hydroxylation is 2. The van der Waals surface area contributed by atoms with Crippen molar-refractivity contribution in [3.63, 3.8) is 0 Å². The lowest BCUT2D eigenvalue weighted by Gasteiger charge is -2.21. The van der Waals surface area contributed by atoms with E-state index in [-0.39, 0.29) is 11.5 Å². The molecule has 3 rings (SSSR count). The zero-order chi connectivity index (χ0) is 20.6. The minimum Gasteiger partial charge on any atom is -0.372 e. The van der Waals surface area contributed by atoms with Crippen molar-refractivity contribution in [3.8, 4) is 0 Å². The molecular formula is C22H29N5O. The quantitative estimate of drug-likeness (QED) is 0.782. The largest absolute Gasteiger partial charge is 0.372 e. The topological polar surface area (TPSA) is 62.9 Å². The Bertz CT molecular complexity index is 1030. The number of anilines is 1. The van der Waals surface area contributed by atoms with Gasteiger partial charge in [0.25, 0.3) is 5.56 Å². The Balaban J connectivity index is 2.09. The molecule has 1 aliphatic rings. The summed E-state index contributed by atoms with van der Waals surface area (Å²) in [6, 6.07) is 6.27. The lowest BCUT2D eigenvalue weighted by atomic mass is 10.0. The Kier molecular flexibility index (Phi) is 5.49. The van der Waals surface area contributed by atoms with Crippen molar-refractivity contribution in [1.29, 1.82) is 0 Å². The van der Waals surface area contributed by atoms with Crippen LogP contribution >= 0.6 is 0 Å². The second kappa shape index (κ2) is 7.70. The summed E-state index contributed by atoms with van der Waals surface area (Å²) in [6.45, 7) is 16.0. The molecule has 0 amide bonds. The Morgan fingerprint density at radius 3 is 2.39 bits per heavy atom. The van der Waals surface area contributed by atoms with Crippen LogP contribution in [-0.4, -0.2) is 34.2 Å². The van der Waals surface area contributed by atoms with Crippen molar-refractivity contribution < 1.29 is 0 Å². The first kappa shape index (κ1) is 20.0. The highest BCUT2D eigenvalue weighted by Gasteiger charge is 2.26. The van der Waals surface area contributed by atoms with Crippen LogP contribution in [0.2, 0.25) is 0 Å². The number of aromatic nitrogens is 2. The second-order valence-electron chi connectivity index (χ2n) is 7.50. The Hall–Kier alpha value is -2.76. The van der Waals surface area contributed by atoms with Gasteiger partial charge in [-0.2, -0.15) is 9.78 Å². The van der Waals surface area contributed by atoms with E-state index in [0.29, 0.717) is 22.8 Å². The van der Waals surface area contributed by atoms with E-state index in [9.17, 15) is 4.79 Å². The van der Waals surface area contributed by atoms with E-state index in [2.05, 4.69) is 47.9 Å². The van der Waals surface area contributed by atoms with Gasteiger partial charge in [-0.3, -0.25) is 4.79 Å². The summed E-state index contributed by atoms with van der Waals surface area (Å²) in [5.41, 5.74) is 5.87. The minimum absolute atomic E-state index is 0.101. The first-order valence-corrected chi connectivity index (χ1v) is 9.92. The van der Waals surface area contributed by atoms with Crippen LogP contribution in [0.4, 0.5) is 11.4 Å². The molecule has 1 aromatic heterocycles. The zero-order valence-corrected chi connectivity index (χ0v) is 17.9. The Morgan fingerprint density at radius 2 is 1.82 bits per heavy atom. The van der Waals surface area contributed by atoms with E-state index in [1.807, 2.05) is 33.8 Å². The molecule has 0 aliphatic carbocycles. The van der Waals surface area contributed by atoms with Crippen LogP contribution in [0.5, 0.6) is 0 Å². The zero-order valence-electron chi connectivity index (χ0n) is 17.9. The molecule has 0 saturated heterocycles. The van der Waals surface area contributed by atoms with Crippen LogP contribution in [0.1, 0.15) is 63.2 Å². The molecular weight excluding hydrogens is 350 g/mol. The van der Waals surface area contributed by atoms with E-state index in [0.717, 1.165) is 30.0 Å². The van der Waals surface area contributed by atoms with Gasteiger partial charge in [0, 0.05) is 30.0 Å². The molecule has 0 bridgehead atoms. The maximum atomic E-state index is 12.9. The van der Waals surface area contributed by atoms with Gasteiger partial charge in [-0.15, -0.1) is 0 Å². The van der Waals surface area contributed by atoms with Gasteiger partial charge < -0.3 is 4.90 Å². The summed E-state index contributed by atoms with van der Waals surface area (Å²) in [5, 5.41) is 4.43. The molecule has 2 aromatic rings. The van der Waals surface area contributed by atoms with Crippen molar-refractivity contribution >= 4 is 22.8 Å². The van der Waals surface area contributed by atoms with Gasteiger partial charge in [-0.25, -0.2) is 9.98 Å². The highest BCUT2D eigenvalue weighted by atomic mass is 16.1. The van der Waals surface area contributed by atoms with Gasteiger partial charge in [-0.05, 0) is 64.3 Å². The molecule has 0 fully saturated rings. The molecule has 0 radical (unpaired) electrons. The third-order valence-electron chi connectivity index (χ3n) is 5.21. The molecule has 0 saturated carbocycles. The van der Waals surface area contributed by atoms with Crippen LogP contribution in [-0.2, 0) is 0 Å². The molecule has 6 heteroatoms. The molecule has 0 atom stereocenters. The fourth-order valence-electron chi connectivity index (χ4n) is 3.70. The molecule has 6 nitrogen and oxygen atoms in total. The van der Waals surface area contributed by atoms with Crippen molar-refractivity contribution in [3.05, 3.63) is 51.2 Å². The molecule has 1 aromatic carbocycles. The van der Waals surface area contributed by atoms with Crippen LogP contribution in [0.25, 0.3) is 0 Å². The fourth-order valence-corrected chi connectivity index (χ4v) is 3.70. The lowest BCUT2D eigenvalue weighted by Crippen LogP contribution is -2.27. The van der Waals surface area contributed by atoms with Gasteiger partial charge in [0.15, 0.2) is 5.82 Å². The van der Waals surface area contributed by atoms with E-state index in [4.69, 9.17) is 4.99 Å². The van der Waals surface area contributed by atoms with Crippen molar-refractivity contribution in [2.24, 2.45) is 10.1 Å². The third-order valence-corrected chi connectivity index (χ3v) is 5.21. The SMILES string of the molecule is CCN(CC)c1ccc(N=C2C(C)=Nn3c2nc(C)c(C(C)C)c3=O)c(C)c1. The molecule has 2 heterocycles. The summed E-state index contributed by atoms with van der Waals surface area (Å²) < 4.78 is 1.40. The summed E-state index contributed by atoms with van der Waals surface area (Å²) in [4.78, 5) is 24.7. The monoisotopic (exact) mass is 379 g/mol. The van der Waals surface area contributed by atoms with E-state index in [1.54, 1.807) is 0 Å². The normalized spacial score (nSPS) is 14.6. The number of rotatable bonds is 5. The number of benzene rings is 1. The minimum atomic E-state index is -0.101. The van der Waals surface area contributed by atoms with Crippen molar-refractivity contribution in [2.75, 3.05) is 18.0 Å². The number of aliphatic imine (C=N–C) groups is 1. The number of hydrogen-bond acceptors (Lipinski definition) is 5. The number of hydrogen-bond donors (Lipinski definition) is 0. The lowest BCUT2D eigenvalue weighted by molar-refractivity contribution is 0.728. The van der Waals surface area contributed by atoms with Gasteiger partial charge >= 0.3 is 0 Å². The summed E-state index contributed by atoms with van der Waals surface area (Å²) >= 11 is 0. The summed E-state index contributed by atoms with van der Waals surface area (Å²) in [7, 11) is 0. The third kappa shape index (κ3) is 3.39. The highest BCUT2D eigenvalue weighted by Crippen LogP contribution is 2.26. The molecule has 148 valence electrons. The summed E-state index contributed by atoms with van der Waals surface area (Å²) in [6.07, 6.45) is 0. The van der Waals surface area contributed by atoms with E-state index < -0.39 is 0 Å². The second-order valence-corrected chi connectivity index (χ2v) is 7.50. The van der Waals surface area contributed by atoms with Gasteiger partial charge in [0.2, 0.25) is 0 Å². The van der Waals surface area contributed by atoms with Gasteiger partial charge in [0.05, 0.1) is 11.4 Å². The smallest absolute Gasteiger partial charge is 0.278 e. The van der Waals surface area contributed by atoms with Crippen LogP contribution in [0.15, 0.2) is 33.1 Å². The van der Waals surface area contributed by atoms with Crippen LogP contribution < -0.4 is 10.5 Å². The Labute approximate surface area is 166 Å². The number of fused-ring (bicyclic) bond motifs is 1. The fraction of sp³-hybridized carbons (Fsp3) is 0.455. The molecule has 0 N–H and O–H groups in total. The first-order valence-electron chi connectivity index (χ1n) is 9.92. The van der Waals surface area contributed by atoms with Gasteiger partial charge in [-0.1, -0.05) is 13.8 Å². The summed E-state index contributed by atoms with van der Waals surface area (Å²) in [5.74, 6) is 0.626. The van der Waals surface area contributed by atoms with Gasteiger partial charge in [0.1, 0.15) is 5.71 Å². The maximum absolute atomic E-state index is 12.9. The first-order chi connectivity index (χ1) is 13.3. The van der Waals surface area contributed by atoms with Crippen molar-refractivity contribution in [2.45, 2.75) is 54.4 Å². The van der Waals surface area contributed by atoms with E-state index >= 15 is 0 Å². The molecule has 1 aliphatic heterocycles. The predicted octanol–water partition coefficient (Wildman–Crippen LogP) is 4.19. The highest BCUT2D eigenvalue weighted by molar-refractivity contribution is 6.48. The average Bonchev–Trinajstić information content (AvgIpc) is 2.94.